The zero-order valence-corrected chi connectivity index (χ0v) is 9.80. The summed E-state index contributed by atoms with van der Waals surface area (Å²) in [7, 11) is 0. The molecule has 1 aromatic rings. The Hall–Kier alpha value is -0.870. The third-order valence-electron chi connectivity index (χ3n) is 2.62. The predicted molar refractivity (Wildman–Crippen MR) is 61.5 cm³/mol. The molecule has 1 aliphatic heterocycles. The number of hydrogen-bond acceptors (Lipinski definition) is 3. The fourth-order valence-corrected chi connectivity index (χ4v) is 2.98. The van der Waals surface area contributed by atoms with Gasteiger partial charge in [0.1, 0.15) is 12.1 Å². The molecule has 2 nitrogen and oxygen atoms in total. The highest BCUT2D eigenvalue weighted by molar-refractivity contribution is 8.00. The van der Waals surface area contributed by atoms with Crippen LogP contribution in [0.1, 0.15) is 23.7 Å². The highest BCUT2D eigenvalue weighted by Crippen LogP contribution is 2.33. The van der Waals surface area contributed by atoms with Gasteiger partial charge in [-0.2, -0.15) is 0 Å². The lowest BCUT2D eigenvalue weighted by molar-refractivity contribution is 0.112. The molecule has 1 aromatic carbocycles. The van der Waals surface area contributed by atoms with Gasteiger partial charge in [0, 0.05) is 22.3 Å². The Balaban J connectivity index is 2.14. The van der Waals surface area contributed by atoms with Gasteiger partial charge in [0.2, 0.25) is 0 Å². The molecule has 86 valence electrons. The number of ether oxygens (including phenoxy) is 1. The average Bonchev–Trinajstić information content (AvgIpc) is 2.63. The summed E-state index contributed by atoms with van der Waals surface area (Å²) in [5, 5.41) is 0.348. The molecule has 0 aromatic heterocycles. The minimum atomic E-state index is -0.362. The summed E-state index contributed by atoms with van der Waals surface area (Å²) in [6.45, 7) is 2.78. The van der Waals surface area contributed by atoms with Crippen molar-refractivity contribution in [2.45, 2.75) is 29.6 Å². The van der Waals surface area contributed by atoms with Crippen LogP contribution in [-0.2, 0) is 4.74 Å². The molecule has 0 radical (unpaired) electrons. The molecule has 1 heterocycles. The van der Waals surface area contributed by atoms with Crippen molar-refractivity contribution < 1.29 is 13.9 Å². The normalized spacial score (nSPS) is 24.6. The predicted octanol–water partition coefficient (Wildman–Crippen LogP) is 2.91. The van der Waals surface area contributed by atoms with Crippen molar-refractivity contribution in [3.05, 3.63) is 29.6 Å². The van der Waals surface area contributed by atoms with Gasteiger partial charge in [-0.25, -0.2) is 4.39 Å². The molecule has 2 atom stereocenters. The highest BCUT2D eigenvalue weighted by atomic mass is 32.2. The summed E-state index contributed by atoms with van der Waals surface area (Å²) >= 11 is 1.58. The van der Waals surface area contributed by atoms with E-state index in [1.807, 2.05) is 6.92 Å². The second-order valence-corrected chi connectivity index (χ2v) is 5.17. The van der Waals surface area contributed by atoms with Crippen molar-refractivity contribution in [1.82, 2.24) is 0 Å². The van der Waals surface area contributed by atoms with Crippen LogP contribution in [-0.4, -0.2) is 24.2 Å². The second-order valence-electron chi connectivity index (χ2n) is 3.86. The van der Waals surface area contributed by atoms with Crippen molar-refractivity contribution in [2.75, 3.05) is 6.61 Å². The van der Waals surface area contributed by atoms with E-state index in [4.69, 9.17) is 4.74 Å². The van der Waals surface area contributed by atoms with Gasteiger partial charge in [0.05, 0.1) is 6.10 Å². The lowest BCUT2D eigenvalue weighted by Gasteiger charge is -2.13. The fourth-order valence-electron chi connectivity index (χ4n) is 1.76. The second kappa shape index (κ2) is 4.97. The molecule has 0 bridgehead atoms. The summed E-state index contributed by atoms with van der Waals surface area (Å²) in [4.78, 5) is 11.4. The van der Waals surface area contributed by atoms with E-state index in [0.717, 1.165) is 17.9 Å². The summed E-state index contributed by atoms with van der Waals surface area (Å²) < 4.78 is 18.6. The number of carbonyl (C=O) groups excluding carboxylic acids is 1. The topological polar surface area (TPSA) is 26.3 Å². The maximum absolute atomic E-state index is 13.2. The first kappa shape index (κ1) is 11.6. The molecule has 2 unspecified atom stereocenters. The minimum absolute atomic E-state index is 0.188. The molecule has 1 fully saturated rings. The molecule has 2 rings (SSSR count). The Morgan fingerprint density at radius 3 is 2.94 bits per heavy atom. The molecule has 0 spiro atoms. The van der Waals surface area contributed by atoms with E-state index >= 15 is 0 Å². The van der Waals surface area contributed by atoms with Gasteiger partial charge >= 0.3 is 0 Å². The Kier molecular flexibility index (Phi) is 3.61. The SMILES string of the molecule is CC1OCCC1Sc1cc(F)cc(C=O)c1. The quantitative estimate of drug-likeness (QED) is 0.760. The Morgan fingerprint density at radius 2 is 2.31 bits per heavy atom. The maximum atomic E-state index is 13.2. The van der Waals surface area contributed by atoms with Gasteiger partial charge in [-0.05, 0) is 31.5 Å². The highest BCUT2D eigenvalue weighted by Gasteiger charge is 2.25. The van der Waals surface area contributed by atoms with Crippen LogP contribution < -0.4 is 0 Å². The van der Waals surface area contributed by atoms with Gasteiger partial charge in [0.25, 0.3) is 0 Å². The number of aldehydes is 1. The van der Waals surface area contributed by atoms with Crippen LogP contribution in [0.3, 0.4) is 0 Å². The molecule has 1 saturated heterocycles. The van der Waals surface area contributed by atoms with Crippen molar-refractivity contribution in [1.29, 1.82) is 0 Å². The van der Waals surface area contributed by atoms with E-state index in [1.165, 1.54) is 12.1 Å². The van der Waals surface area contributed by atoms with Crippen molar-refractivity contribution in [2.24, 2.45) is 0 Å². The van der Waals surface area contributed by atoms with Gasteiger partial charge in [-0.1, -0.05) is 0 Å². The summed E-state index contributed by atoms with van der Waals surface area (Å²) in [5.41, 5.74) is 0.383. The Bertz CT molecular complexity index is 395. The molecular weight excluding hydrogens is 227 g/mol. The van der Waals surface area contributed by atoms with E-state index in [-0.39, 0.29) is 11.9 Å². The number of thioether (sulfide) groups is 1. The van der Waals surface area contributed by atoms with Crippen LogP contribution in [0.15, 0.2) is 23.1 Å². The van der Waals surface area contributed by atoms with Crippen LogP contribution >= 0.6 is 11.8 Å². The van der Waals surface area contributed by atoms with Gasteiger partial charge in [-0.3, -0.25) is 4.79 Å². The molecule has 0 saturated carbocycles. The van der Waals surface area contributed by atoms with Crippen LogP contribution in [0.4, 0.5) is 4.39 Å². The number of carbonyl (C=O) groups is 1. The lowest BCUT2D eigenvalue weighted by atomic mass is 10.2. The number of rotatable bonds is 3. The first-order chi connectivity index (χ1) is 7.69. The third-order valence-corrected chi connectivity index (χ3v) is 4.05. The van der Waals surface area contributed by atoms with E-state index in [0.29, 0.717) is 17.1 Å². The average molecular weight is 240 g/mol. The van der Waals surface area contributed by atoms with Crippen LogP contribution in [0, 0.1) is 5.82 Å². The van der Waals surface area contributed by atoms with Gasteiger partial charge in [-0.15, -0.1) is 11.8 Å². The first-order valence-corrected chi connectivity index (χ1v) is 6.11. The number of hydrogen-bond donors (Lipinski definition) is 0. The third kappa shape index (κ3) is 2.62. The molecule has 0 amide bonds. The van der Waals surface area contributed by atoms with E-state index in [9.17, 15) is 9.18 Å². The standard InChI is InChI=1S/C12H13FO2S/c1-8-12(2-3-15-8)16-11-5-9(7-14)4-10(13)6-11/h4-8,12H,2-3H2,1H3. The fraction of sp³-hybridized carbons (Fsp3) is 0.417. The molecule has 0 aliphatic carbocycles. The summed E-state index contributed by atoms with van der Waals surface area (Å²) in [5.74, 6) is -0.362. The number of benzene rings is 1. The van der Waals surface area contributed by atoms with E-state index in [1.54, 1.807) is 17.8 Å². The van der Waals surface area contributed by atoms with Crippen LogP contribution in [0.5, 0.6) is 0 Å². The van der Waals surface area contributed by atoms with E-state index < -0.39 is 0 Å². The van der Waals surface area contributed by atoms with E-state index in [2.05, 4.69) is 0 Å². The van der Waals surface area contributed by atoms with Crippen LogP contribution in [0.2, 0.25) is 0 Å². The maximum Gasteiger partial charge on any atom is 0.150 e. The molecular formula is C12H13FO2S. The van der Waals surface area contributed by atoms with Crippen LogP contribution in [0.25, 0.3) is 0 Å². The zero-order valence-electron chi connectivity index (χ0n) is 8.98. The van der Waals surface area contributed by atoms with Gasteiger partial charge < -0.3 is 4.74 Å². The number of halogens is 1. The van der Waals surface area contributed by atoms with Crippen molar-refractivity contribution in [3.63, 3.8) is 0 Å². The largest absolute Gasteiger partial charge is 0.377 e. The Labute approximate surface area is 98.2 Å². The van der Waals surface area contributed by atoms with Gasteiger partial charge in [0.15, 0.2) is 0 Å². The minimum Gasteiger partial charge on any atom is -0.377 e. The summed E-state index contributed by atoms with van der Waals surface area (Å²) in [6.07, 6.45) is 1.83. The molecule has 1 aliphatic rings. The monoisotopic (exact) mass is 240 g/mol. The zero-order chi connectivity index (χ0) is 11.5. The Morgan fingerprint density at radius 1 is 1.50 bits per heavy atom. The molecule has 0 N–H and O–H groups in total. The first-order valence-electron chi connectivity index (χ1n) is 5.23. The van der Waals surface area contributed by atoms with Crippen molar-refractivity contribution >= 4 is 18.0 Å². The van der Waals surface area contributed by atoms with Crippen molar-refractivity contribution in [3.8, 4) is 0 Å². The lowest BCUT2D eigenvalue weighted by Crippen LogP contribution is -2.13. The smallest absolute Gasteiger partial charge is 0.150 e. The molecule has 16 heavy (non-hydrogen) atoms. The molecule has 4 heteroatoms. The summed E-state index contributed by atoms with van der Waals surface area (Å²) in [6, 6.07) is 4.42.